The molecule has 0 radical (unpaired) electrons. The van der Waals surface area contributed by atoms with Gasteiger partial charge in [0.15, 0.2) is 0 Å². The molecule has 1 atom stereocenters. The van der Waals surface area contributed by atoms with Crippen LogP contribution in [0.15, 0.2) is 36.4 Å². The lowest BCUT2D eigenvalue weighted by molar-refractivity contribution is -0.123. The fourth-order valence-corrected chi connectivity index (χ4v) is 3.54. The van der Waals surface area contributed by atoms with Gasteiger partial charge in [-0.1, -0.05) is 18.2 Å². The van der Waals surface area contributed by atoms with Crippen molar-refractivity contribution in [2.45, 2.75) is 38.6 Å². The molecule has 1 saturated heterocycles. The number of benzene rings is 1. The van der Waals surface area contributed by atoms with Crippen molar-refractivity contribution < 1.29 is 24.2 Å². The van der Waals surface area contributed by atoms with E-state index in [0.29, 0.717) is 24.0 Å². The van der Waals surface area contributed by atoms with Gasteiger partial charge in [0.05, 0.1) is 5.69 Å². The van der Waals surface area contributed by atoms with Crippen LogP contribution in [-0.2, 0) is 16.1 Å². The van der Waals surface area contributed by atoms with Gasteiger partial charge in [-0.2, -0.15) is 10.2 Å². The molecule has 11 heteroatoms. The lowest BCUT2D eigenvalue weighted by atomic mass is 10.0. The van der Waals surface area contributed by atoms with Crippen molar-refractivity contribution >= 4 is 12.9 Å². The fourth-order valence-electron chi connectivity index (χ4n) is 3.54. The molecule has 1 aliphatic heterocycles. The molecule has 3 aromatic rings. The highest BCUT2D eigenvalue weighted by Gasteiger charge is 2.22. The summed E-state index contributed by atoms with van der Waals surface area (Å²) in [6.07, 6.45) is 3.07. The predicted octanol–water partition coefficient (Wildman–Crippen LogP) is 2.88. The molecular weight excluding hydrogens is 431 g/mol. The summed E-state index contributed by atoms with van der Waals surface area (Å²) in [7, 11) is 0. The summed E-state index contributed by atoms with van der Waals surface area (Å²) in [5.41, 5.74) is 2.31. The molecule has 1 fully saturated rings. The van der Waals surface area contributed by atoms with Gasteiger partial charge in [0, 0.05) is 18.0 Å². The average Bonchev–Trinajstić information content (AvgIpc) is 3.17. The van der Waals surface area contributed by atoms with Crippen LogP contribution >= 0.6 is 0 Å². The third-order valence-electron chi connectivity index (χ3n) is 5.09. The Balaban J connectivity index is 0.000000582. The van der Waals surface area contributed by atoms with E-state index in [0.717, 1.165) is 49.4 Å². The summed E-state index contributed by atoms with van der Waals surface area (Å²) in [6.45, 7) is 3.94. The number of halogens is 1. The van der Waals surface area contributed by atoms with Crippen molar-refractivity contribution in [3.63, 3.8) is 0 Å². The number of carboxylic acid groups (broad SMARTS) is 2. The standard InChI is InChI=1S/C20H23FN6.2CH2O2/c1-14-8-9-18(24-23-14)20-22-19(25-26-20)15-6-4-11-27(12-10-15)13-16-5-2-3-7-17(16)21;2*2-1-3/h2-3,5,7-9,15H,4,6,10-13H2,1H3,(H,22,25,26);2*1H,(H,2,3). The minimum absolute atomic E-state index is 0.127. The highest BCUT2D eigenvalue weighted by molar-refractivity contribution is 5.47. The normalized spacial score (nSPS) is 15.8. The molecule has 1 aliphatic rings. The largest absolute Gasteiger partial charge is 0.483 e. The predicted molar refractivity (Wildman–Crippen MR) is 118 cm³/mol. The first-order chi connectivity index (χ1) is 16.0. The van der Waals surface area contributed by atoms with E-state index in [1.165, 1.54) is 6.07 Å². The monoisotopic (exact) mass is 458 g/mol. The first-order valence-electron chi connectivity index (χ1n) is 10.4. The fraction of sp³-hybridized carbons (Fsp3) is 0.364. The van der Waals surface area contributed by atoms with Crippen molar-refractivity contribution in [1.29, 1.82) is 0 Å². The minimum atomic E-state index is -0.250. The average molecular weight is 458 g/mol. The minimum Gasteiger partial charge on any atom is -0.483 e. The molecule has 1 unspecified atom stereocenters. The Morgan fingerprint density at radius 3 is 2.48 bits per heavy atom. The molecular formula is C22H27FN6O4. The number of hydrogen-bond donors (Lipinski definition) is 3. The molecule has 3 heterocycles. The number of rotatable bonds is 4. The van der Waals surface area contributed by atoms with Crippen molar-refractivity contribution in [2.24, 2.45) is 0 Å². The number of carbonyl (C=O) groups is 2. The van der Waals surface area contributed by atoms with Crippen LogP contribution in [0.5, 0.6) is 0 Å². The molecule has 0 saturated carbocycles. The van der Waals surface area contributed by atoms with Crippen LogP contribution in [0, 0.1) is 12.7 Å². The van der Waals surface area contributed by atoms with Crippen LogP contribution in [0.2, 0.25) is 0 Å². The first kappa shape index (κ1) is 25.5. The molecule has 10 nitrogen and oxygen atoms in total. The molecule has 0 amide bonds. The summed E-state index contributed by atoms with van der Waals surface area (Å²) in [4.78, 5) is 23.7. The van der Waals surface area contributed by atoms with Crippen LogP contribution < -0.4 is 0 Å². The zero-order valence-corrected chi connectivity index (χ0v) is 18.3. The van der Waals surface area contributed by atoms with Gasteiger partial charge in [-0.05, 0) is 57.5 Å². The maximum atomic E-state index is 13.9. The highest BCUT2D eigenvalue weighted by Crippen LogP contribution is 2.27. The Morgan fingerprint density at radius 2 is 1.82 bits per heavy atom. The second-order valence-electron chi connectivity index (χ2n) is 7.31. The summed E-state index contributed by atoms with van der Waals surface area (Å²) in [5, 5.41) is 29.4. The van der Waals surface area contributed by atoms with Gasteiger partial charge >= 0.3 is 0 Å². The van der Waals surface area contributed by atoms with Crippen LogP contribution in [0.25, 0.3) is 11.5 Å². The topological polar surface area (TPSA) is 145 Å². The Hall–Kier alpha value is -3.73. The van der Waals surface area contributed by atoms with E-state index in [9.17, 15) is 4.39 Å². The van der Waals surface area contributed by atoms with E-state index in [-0.39, 0.29) is 18.8 Å². The van der Waals surface area contributed by atoms with E-state index in [1.807, 2.05) is 31.2 Å². The summed E-state index contributed by atoms with van der Waals surface area (Å²) < 4.78 is 13.9. The summed E-state index contributed by atoms with van der Waals surface area (Å²) in [6, 6.07) is 10.8. The number of hydrogen-bond acceptors (Lipinski definition) is 7. The Bertz CT molecular complexity index is 993. The van der Waals surface area contributed by atoms with E-state index in [4.69, 9.17) is 19.8 Å². The Morgan fingerprint density at radius 1 is 1.09 bits per heavy atom. The van der Waals surface area contributed by atoms with E-state index >= 15 is 0 Å². The molecule has 1 aromatic carbocycles. The second kappa shape index (κ2) is 13.6. The second-order valence-corrected chi connectivity index (χ2v) is 7.31. The Labute approximate surface area is 190 Å². The molecule has 176 valence electrons. The lowest BCUT2D eigenvalue weighted by Crippen LogP contribution is -2.24. The quantitative estimate of drug-likeness (QED) is 0.502. The number of nitrogens with one attached hydrogen (secondary N) is 1. The number of aromatic amines is 1. The molecule has 3 N–H and O–H groups in total. The lowest BCUT2D eigenvalue weighted by Gasteiger charge is -2.20. The van der Waals surface area contributed by atoms with Crippen molar-refractivity contribution in [3.8, 4) is 11.5 Å². The van der Waals surface area contributed by atoms with E-state index in [2.05, 4.69) is 30.3 Å². The van der Waals surface area contributed by atoms with Crippen molar-refractivity contribution in [2.75, 3.05) is 13.1 Å². The third kappa shape index (κ3) is 8.04. The molecule has 4 rings (SSSR count). The number of H-pyrrole nitrogens is 1. The van der Waals surface area contributed by atoms with Gasteiger partial charge in [0.25, 0.3) is 12.9 Å². The van der Waals surface area contributed by atoms with E-state index in [1.54, 1.807) is 6.07 Å². The molecule has 33 heavy (non-hydrogen) atoms. The third-order valence-corrected chi connectivity index (χ3v) is 5.09. The maximum Gasteiger partial charge on any atom is 0.290 e. The zero-order valence-electron chi connectivity index (χ0n) is 18.3. The smallest absolute Gasteiger partial charge is 0.290 e. The summed E-state index contributed by atoms with van der Waals surface area (Å²) in [5.74, 6) is 1.69. The summed E-state index contributed by atoms with van der Waals surface area (Å²) >= 11 is 0. The Kier molecular flexibility index (Phi) is 10.5. The molecule has 0 spiro atoms. The number of nitrogens with zero attached hydrogens (tertiary/aromatic N) is 5. The first-order valence-corrected chi connectivity index (χ1v) is 10.4. The van der Waals surface area contributed by atoms with Gasteiger partial charge in [-0.25, -0.2) is 9.37 Å². The highest BCUT2D eigenvalue weighted by atomic mass is 19.1. The number of aryl methyl sites for hydroxylation is 1. The molecule has 0 aliphatic carbocycles. The van der Waals surface area contributed by atoms with Crippen LogP contribution in [0.1, 0.15) is 42.3 Å². The molecule has 0 bridgehead atoms. The number of likely N-dealkylation sites (tertiary alicyclic amines) is 1. The van der Waals surface area contributed by atoms with Crippen LogP contribution in [-0.4, -0.2) is 66.5 Å². The van der Waals surface area contributed by atoms with Crippen molar-refractivity contribution in [1.82, 2.24) is 30.3 Å². The van der Waals surface area contributed by atoms with Gasteiger partial charge in [0.1, 0.15) is 17.3 Å². The van der Waals surface area contributed by atoms with Gasteiger partial charge in [0.2, 0.25) is 5.82 Å². The SMILES string of the molecule is Cc1ccc(-c2n[nH]c(C3CCCN(Cc4ccccc4F)CC3)n2)nn1.O=CO.O=CO. The van der Waals surface area contributed by atoms with Gasteiger partial charge in [-0.3, -0.25) is 19.6 Å². The van der Waals surface area contributed by atoms with Gasteiger partial charge < -0.3 is 10.2 Å². The van der Waals surface area contributed by atoms with Crippen molar-refractivity contribution in [3.05, 3.63) is 59.3 Å². The van der Waals surface area contributed by atoms with Crippen LogP contribution in [0.4, 0.5) is 4.39 Å². The van der Waals surface area contributed by atoms with Gasteiger partial charge in [-0.15, -0.1) is 5.10 Å². The zero-order chi connectivity index (χ0) is 24.1. The maximum absolute atomic E-state index is 13.9. The van der Waals surface area contributed by atoms with Crippen LogP contribution in [0.3, 0.4) is 0 Å². The molecule has 2 aromatic heterocycles. The number of aromatic nitrogens is 5. The van der Waals surface area contributed by atoms with E-state index < -0.39 is 0 Å².